The Labute approximate surface area is 209 Å². The van der Waals surface area contributed by atoms with E-state index in [0.717, 1.165) is 24.8 Å². The van der Waals surface area contributed by atoms with E-state index in [0.29, 0.717) is 35.1 Å². The Bertz CT molecular complexity index is 1090. The summed E-state index contributed by atoms with van der Waals surface area (Å²) >= 11 is 6.23. The van der Waals surface area contributed by atoms with Gasteiger partial charge in [-0.05, 0) is 37.5 Å². The zero-order valence-electron chi connectivity index (χ0n) is 20.2. The monoisotopic (exact) mass is 503 g/mol. The Hall–Kier alpha value is -3.46. The van der Waals surface area contributed by atoms with E-state index in [-0.39, 0.29) is 11.3 Å². The molecule has 3 amide bonds. The number of amides is 3. The second-order valence-electron chi connectivity index (χ2n) is 8.37. The smallest absolute Gasteiger partial charge is 0.323 e. The second-order valence-corrected chi connectivity index (χ2v) is 8.77. The van der Waals surface area contributed by atoms with Crippen molar-refractivity contribution in [3.63, 3.8) is 0 Å². The molecule has 0 bridgehead atoms. The third-order valence-electron chi connectivity index (χ3n) is 5.82. The maximum absolute atomic E-state index is 13.4. The largest absolute Gasteiger partial charge is 0.493 e. The van der Waals surface area contributed by atoms with E-state index >= 15 is 0 Å². The van der Waals surface area contributed by atoms with Crippen LogP contribution in [-0.2, 0) is 9.53 Å². The van der Waals surface area contributed by atoms with Crippen LogP contribution in [0, 0.1) is 6.92 Å². The average molecular weight is 504 g/mol. The normalized spacial score (nSPS) is 14.4. The van der Waals surface area contributed by atoms with Gasteiger partial charge in [-0.25, -0.2) is 4.79 Å². The number of carbonyl (C=O) groups excluding carboxylic acids is 3. The number of para-hydroxylation sites is 1. The maximum atomic E-state index is 13.4. The lowest BCUT2D eigenvalue weighted by atomic mass is 9.91. The van der Waals surface area contributed by atoms with Gasteiger partial charge in [0.2, 0.25) is 0 Å². The summed E-state index contributed by atoms with van der Waals surface area (Å²) in [5.41, 5.74) is 0.414. The van der Waals surface area contributed by atoms with Crippen LogP contribution < -0.4 is 25.4 Å². The van der Waals surface area contributed by atoms with Crippen LogP contribution >= 0.6 is 11.6 Å². The lowest BCUT2D eigenvalue weighted by molar-refractivity contribution is -0.163. The van der Waals surface area contributed by atoms with Gasteiger partial charge in [0.15, 0.2) is 17.2 Å². The summed E-state index contributed by atoms with van der Waals surface area (Å²) in [7, 11) is 2.90. The molecule has 3 rings (SSSR count). The molecule has 0 saturated heterocycles. The number of halogens is 1. The fraction of sp³-hybridized carbons (Fsp3) is 0.400. The molecule has 0 aliphatic heterocycles. The first-order valence-electron chi connectivity index (χ1n) is 11.3. The fourth-order valence-electron chi connectivity index (χ4n) is 4.15. The van der Waals surface area contributed by atoms with Gasteiger partial charge < -0.3 is 30.2 Å². The van der Waals surface area contributed by atoms with Gasteiger partial charge in [0.1, 0.15) is 0 Å². The third kappa shape index (κ3) is 6.36. The quantitative estimate of drug-likeness (QED) is 0.350. The number of aryl methyl sites for hydroxylation is 1. The number of hydrogen-bond acceptors (Lipinski definition) is 6. The van der Waals surface area contributed by atoms with Crippen LogP contribution in [0.25, 0.3) is 0 Å². The van der Waals surface area contributed by atoms with E-state index in [1.54, 1.807) is 12.1 Å². The first kappa shape index (κ1) is 26.2. The molecule has 10 heteroatoms. The Morgan fingerprint density at radius 2 is 1.63 bits per heavy atom. The maximum Gasteiger partial charge on any atom is 0.323 e. The predicted octanol–water partition coefficient (Wildman–Crippen LogP) is 5.26. The first-order chi connectivity index (χ1) is 16.7. The Balaban J connectivity index is 1.93. The van der Waals surface area contributed by atoms with Gasteiger partial charge >= 0.3 is 12.0 Å². The van der Waals surface area contributed by atoms with Gasteiger partial charge in [0.05, 0.1) is 36.2 Å². The predicted molar refractivity (Wildman–Crippen MR) is 133 cm³/mol. The fourth-order valence-corrected chi connectivity index (χ4v) is 4.42. The summed E-state index contributed by atoms with van der Waals surface area (Å²) in [6.07, 6.45) is 3.61. The van der Waals surface area contributed by atoms with E-state index in [2.05, 4.69) is 16.0 Å². The van der Waals surface area contributed by atoms with Crippen LogP contribution in [0.5, 0.6) is 11.5 Å². The highest BCUT2D eigenvalue weighted by Crippen LogP contribution is 2.35. The van der Waals surface area contributed by atoms with Crippen molar-refractivity contribution in [1.29, 1.82) is 0 Å². The second kappa shape index (κ2) is 11.3. The number of anilines is 2. The molecule has 0 aromatic heterocycles. The summed E-state index contributed by atoms with van der Waals surface area (Å²) in [6, 6.07) is 7.62. The minimum absolute atomic E-state index is 0.116. The van der Waals surface area contributed by atoms with Gasteiger partial charge in [0, 0.05) is 25.8 Å². The number of rotatable bonds is 7. The number of benzene rings is 2. The molecule has 0 heterocycles. The summed E-state index contributed by atoms with van der Waals surface area (Å²) in [6.45, 7) is 3.13. The molecule has 1 aliphatic carbocycles. The summed E-state index contributed by atoms with van der Waals surface area (Å²) in [5.74, 6) is -0.387. The molecule has 9 nitrogen and oxygen atoms in total. The van der Waals surface area contributed by atoms with Crippen molar-refractivity contribution in [3.05, 3.63) is 46.5 Å². The van der Waals surface area contributed by atoms with Crippen molar-refractivity contribution in [2.45, 2.75) is 51.7 Å². The lowest BCUT2D eigenvalue weighted by Crippen LogP contribution is -2.52. The van der Waals surface area contributed by atoms with Gasteiger partial charge in [0.25, 0.3) is 5.91 Å². The minimum Gasteiger partial charge on any atom is -0.493 e. The van der Waals surface area contributed by atoms with Crippen molar-refractivity contribution in [3.8, 4) is 11.5 Å². The zero-order chi connectivity index (χ0) is 25.6. The lowest BCUT2D eigenvalue weighted by Gasteiger charge is -2.37. The molecule has 35 heavy (non-hydrogen) atoms. The Kier molecular flexibility index (Phi) is 8.45. The molecular formula is C25H30ClN3O6. The number of urea groups is 1. The molecule has 2 aromatic rings. The van der Waals surface area contributed by atoms with Crippen LogP contribution in [0.4, 0.5) is 16.2 Å². The highest BCUT2D eigenvalue weighted by molar-refractivity contribution is 6.34. The molecule has 188 valence electrons. The summed E-state index contributed by atoms with van der Waals surface area (Å²) < 4.78 is 16.3. The zero-order valence-corrected chi connectivity index (χ0v) is 21.0. The van der Waals surface area contributed by atoms with Crippen LogP contribution in [0.2, 0.25) is 5.02 Å². The number of hydrogen-bond donors (Lipinski definition) is 3. The molecule has 0 radical (unpaired) electrons. The van der Waals surface area contributed by atoms with Crippen molar-refractivity contribution in [2.24, 2.45) is 0 Å². The Morgan fingerprint density at radius 3 is 2.23 bits per heavy atom. The van der Waals surface area contributed by atoms with Crippen molar-refractivity contribution in [1.82, 2.24) is 5.32 Å². The van der Waals surface area contributed by atoms with Crippen molar-refractivity contribution in [2.75, 3.05) is 24.9 Å². The van der Waals surface area contributed by atoms with Crippen molar-refractivity contribution >= 4 is 40.9 Å². The van der Waals surface area contributed by atoms with E-state index in [1.165, 1.54) is 33.3 Å². The number of nitrogens with one attached hydrogen (secondary N) is 3. The molecule has 1 saturated carbocycles. The molecule has 3 N–H and O–H groups in total. The van der Waals surface area contributed by atoms with Crippen LogP contribution in [0.3, 0.4) is 0 Å². The topological polar surface area (TPSA) is 115 Å². The van der Waals surface area contributed by atoms with Gasteiger partial charge in [-0.2, -0.15) is 0 Å². The SMILES string of the molecule is COc1cc(NC(=O)Nc2c(C)cccc2Cl)c(C(=O)NC2(OC(C)=O)CCCCC2)cc1OC. The molecular weight excluding hydrogens is 474 g/mol. The number of carbonyl (C=O) groups is 3. The van der Waals surface area contributed by atoms with Gasteiger partial charge in [-0.15, -0.1) is 0 Å². The average Bonchev–Trinajstić information content (AvgIpc) is 2.81. The van der Waals surface area contributed by atoms with Crippen LogP contribution in [0.15, 0.2) is 30.3 Å². The minimum atomic E-state index is -1.11. The highest BCUT2D eigenvalue weighted by Gasteiger charge is 2.37. The standard InChI is InChI=1S/C25H30ClN3O6/c1-15-9-8-10-18(26)22(15)28-24(32)27-19-14-21(34-4)20(33-3)13-17(19)23(31)29-25(35-16(2)30)11-6-5-7-12-25/h8-10,13-14H,5-7,11-12H2,1-4H3,(H,29,31)(H2,27,28,32). The van der Waals surface area contributed by atoms with E-state index in [9.17, 15) is 14.4 Å². The molecule has 0 atom stereocenters. The molecule has 1 aliphatic rings. The molecule has 1 fully saturated rings. The van der Waals surface area contributed by atoms with E-state index in [1.807, 2.05) is 13.0 Å². The summed E-state index contributed by atoms with van der Waals surface area (Å²) in [4.78, 5) is 38.1. The molecule has 0 spiro atoms. The summed E-state index contributed by atoms with van der Waals surface area (Å²) in [5, 5.41) is 8.68. The molecule has 2 aromatic carbocycles. The van der Waals surface area contributed by atoms with E-state index < -0.39 is 23.6 Å². The molecule has 0 unspecified atom stereocenters. The Morgan fingerprint density at radius 1 is 0.971 bits per heavy atom. The van der Waals surface area contributed by atoms with Crippen LogP contribution in [-0.4, -0.2) is 37.9 Å². The number of methoxy groups -OCH3 is 2. The van der Waals surface area contributed by atoms with Gasteiger partial charge in [-0.1, -0.05) is 30.2 Å². The van der Waals surface area contributed by atoms with E-state index in [4.69, 9.17) is 25.8 Å². The highest BCUT2D eigenvalue weighted by atomic mass is 35.5. The number of ether oxygens (including phenoxy) is 3. The van der Waals surface area contributed by atoms with Gasteiger partial charge in [-0.3, -0.25) is 9.59 Å². The third-order valence-corrected chi connectivity index (χ3v) is 6.13. The number of esters is 1. The van der Waals surface area contributed by atoms with Crippen molar-refractivity contribution < 1.29 is 28.6 Å². The first-order valence-corrected chi connectivity index (χ1v) is 11.7. The van der Waals surface area contributed by atoms with Crippen LogP contribution in [0.1, 0.15) is 54.9 Å².